The average Bonchev–Trinajstić information content (AvgIpc) is 3.29. The summed E-state index contributed by atoms with van der Waals surface area (Å²) in [6.07, 6.45) is 11.2. The molecule has 0 spiro atoms. The van der Waals surface area contributed by atoms with Crippen molar-refractivity contribution in [3.05, 3.63) is 84.4 Å². The molecule has 6 rings (SSSR count). The molecular weight excluding hydrogens is 526 g/mol. The highest BCUT2D eigenvalue weighted by atomic mass is 16.2. The van der Waals surface area contributed by atoms with E-state index in [4.69, 9.17) is 0 Å². The van der Waals surface area contributed by atoms with Crippen molar-refractivity contribution in [1.82, 2.24) is 25.1 Å². The van der Waals surface area contributed by atoms with Crippen LogP contribution in [-0.2, 0) is 14.4 Å². The maximum atomic E-state index is 13.5. The first-order valence-electron chi connectivity index (χ1n) is 15.4. The highest BCUT2D eigenvalue weighted by molar-refractivity contribution is 6.05. The number of fused-ring (bicyclic) bond motifs is 1. The lowest BCUT2D eigenvalue weighted by atomic mass is 9.81. The average molecular weight is 566 g/mol. The van der Waals surface area contributed by atoms with Crippen LogP contribution in [0.3, 0.4) is 0 Å². The summed E-state index contributed by atoms with van der Waals surface area (Å²) in [6.45, 7) is 2.99. The Labute approximate surface area is 247 Å². The van der Waals surface area contributed by atoms with Gasteiger partial charge < -0.3 is 10.2 Å². The maximum Gasteiger partial charge on any atom is 0.233 e. The van der Waals surface area contributed by atoms with Crippen molar-refractivity contribution >= 4 is 17.7 Å². The first-order valence-corrected chi connectivity index (χ1v) is 15.4. The van der Waals surface area contributed by atoms with Crippen LogP contribution in [0, 0.1) is 17.8 Å². The van der Waals surface area contributed by atoms with E-state index in [9.17, 15) is 14.4 Å². The molecule has 3 atom stereocenters. The minimum atomic E-state index is -0.381. The van der Waals surface area contributed by atoms with Gasteiger partial charge in [-0.05, 0) is 68.4 Å². The van der Waals surface area contributed by atoms with Gasteiger partial charge in [-0.15, -0.1) is 0 Å². The van der Waals surface area contributed by atoms with E-state index in [2.05, 4.69) is 56.6 Å². The normalized spacial score (nSPS) is 22.1. The van der Waals surface area contributed by atoms with Crippen molar-refractivity contribution in [2.75, 3.05) is 26.2 Å². The molecule has 8 nitrogen and oxygen atoms in total. The Morgan fingerprint density at radius 1 is 0.833 bits per heavy atom. The fraction of sp³-hybridized carbons (Fsp3) is 0.441. The summed E-state index contributed by atoms with van der Waals surface area (Å²) in [7, 11) is 0. The molecule has 3 aliphatic rings. The molecule has 3 unspecified atom stereocenters. The second-order valence-electron chi connectivity index (χ2n) is 11.9. The van der Waals surface area contributed by atoms with Gasteiger partial charge in [0, 0.05) is 24.9 Å². The number of benzene rings is 2. The van der Waals surface area contributed by atoms with Gasteiger partial charge in [-0.3, -0.25) is 29.3 Å². The number of carbonyl (C=O) groups excluding carboxylic acids is 3. The maximum absolute atomic E-state index is 13.5. The van der Waals surface area contributed by atoms with Crippen molar-refractivity contribution in [3.63, 3.8) is 0 Å². The monoisotopic (exact) mass is 565 g/mol. The quantitative estimate of drug-likeness (QED) is 0.380. The van der Waals surface area contributed by atoms with Crippen LogP contribution in [0.4, 0.5) is 0 Å². The molecular formula is C34H39N5O3. The zero-order valence-corrected chi connectivity index (χ0v) is 24.0. The summed E-state index contributed by atoms with van der Waals surface area (Å²) in [5.74, 6) is -0.0944. The van der Waals surface area contributed by atoms with Crippen LogP contribution < -0.4 is 5.32 Å². The van der Waals surface area contributed by atoms with E-state index in [1.807, 2.05) is 18.2 Å². The lowest BCUT2D eigenvalue weighted by Crippen LogP contribution is -2.42. The van der Waals surface area contributed by atoms with Crippen LogP contribution in [0.1, 0.15) is 62.2 Å². The minimum absolute atomic E-state index is 0.0355. The molecule has 3 heterocycles. The summed E-state index contributed by atoms with van der Waals surface area (Å²) in [4.78, 5) is 51.6. The zero-order valence-electron chi connectivity index (χ0n) is 24.0. The van der Waals surface area contributed by atoms with Crippen molar-refractivity contribution in [3.8, 4) is 11.1 Å². The van der Waals surface area contributed by atoms with E-state index in [1.165, 1.54) is 4.90 Å². The Bertz CT molecular complexity index is 1350. The largest absolute Gasteiger partial charge is 0.343 e. The molecule has 2 aromatic carbocycles. The zero-order chi connectivity index (χ0) is 28.9. The molecule has 3 amide bonds. The Morgan fingerprint density at radius 2 is 1.50 bits per heavy atom. The number of likely N-dealkylation sites (tertiary alicyclic amines) is 2. The van der Waals surface area contributed by atoms with Gasteiger partial charge in [0.2, 0.25) is 17.7 Å². The van der Waals surface area contributed by atoms with E-state index in [0.717, 1.165) is 81.3 Å². The number of amides is 3. The second kappa shape index (κ2) is 12.9. The number of piperidine rings is 1. The van der Waals surface area contributed by atoms with Gasteiger partial charge in [-0.1, -0.05) is 67.4 Å². The number of carbonyl (C=O) groups is 3. The molecule has 1 saturated carbocycles. The molecule has 0 bridgehead atoms. The number of aromatic nitrogens is 2. The molecule has 3 aromatic rings. The molecule has 2 saturated heterocycles. The van der Waals surface area contributed by atoms with E-state index in [0.29, 0.717) is 12.2 Å². The lowest BCUT2D eigenvalue weighted by Gasteiger charge is -2.32. The summed E-state index contributed by atoms with van der Waals surface area (Å²) in [5, 5.41) is 3.27. The fourth-order valence-electron chi connectivity index (χ4n) is 6.87. The number of hydrogen-bond donors (Lipinski definition) is 1. The van der Waals surface area contributed by atoms with Gasteiger partial charge in [-0.25, -0.2) is 0 Å². The van der Waals surface area contributed by atoms with Crippen molar-refractivity contribution < 1.29 is 14.4 Å². The first kappa shape index (κ1) is 28.2. The number of nitrogens with one attached hydrogen (secondary N) is 1. The summed E-state index contributed by atoms with van der Waals surface area (Å²) < 4.78 is 0. The highest BCUT2D eigenvalue weighted by Crippen LogP contribution is 2.38. The Balaban J connectivity index is 1.02. The number of nitrogens with zero attached hydrogens (tertiary/aromatic N) is 4. The van der Waals surface area contributed by atoms with Crippen molar-refractivity contribution in [2.45, 2.75) is 51.0 Å². The third-order valence-electron chi connectivity index (χ3n) is 9.26. The van der Waals surface area contributed by atoms with Crippen LogP contribution >= 0.6 is 0 Å². The van der Waals surface area contributed by atoms with Gasteiger partial charge in [0.15, 0.2) is 0 Å². The standard InChI is InChI=1S/C34H39N5O3/c40-32(27-15-21-38(22-16-27)19-6-20-39-33(41)28-9-4-5-10-29(28)34(39)42)37-31(30-23-35-17-18-36-30)26-13-11-25(12-14-26)24-7-2-1-3-8-24/h1-3,7-8,11-14,17-18,23,27-29,31H,4-6,9-10,15-16,19-22H2,(H,37,40). The van der Waals surface area contributed by atoms with Gasteiger partial charge in [0.05, 0.1) is 29.8 Å². The van der Waals surface area contributed by atoms with E-state index >= 15 is 0 Å². The molecule has 218 valence electrons. The molecule has 1 aliphatic carbocycles. The fourth-order valence-corrected chi connectivity index (χ4v) is 6.87. The Kier molecular flexibility index (Phi) is 8.70. The molecule has 3 fully saturated rings. The van der Waals surface area contributed by atoms with Crippen LogP contribution in [-0.4, -0.2) is 63.7 Å². The molecule has 42 heavy (non-hydrogen) atoms. The van der Waals surface area contributed by atoms with E-state index in [-0.39, 0.29) is 41.5 Å². The predicted octanol–water partition coefficient (Wildman–Crippen LogP) is 4.63. The van der Waals surface area contributed by atoms with Gasteiger partial charge in [0.1, 0.15) is 0 Å². The van der Waals surface area contributed by atoms with Crippen LogP contribution in [0.25, 0.3) is 11.1 Å². The van der Waals surface area contributed by atoms with E-state index < -0.39 is 0 Å². The molecule has 1 aromatic heterocycles. The molecule has 0 radical (unpaired) electrons. The van der Waals surface area contributed by atoms with Crippen molar-refractivity contribution in [2.24, 2.45) is 17.8 Å². The third-order valence-corrected chi connectivity index (χ3v) is 9.26. The Hall–Kier alpha value is -3.91. The highest BCUT2D eigenvalue weighted by Gasteiger charge is 2.47. The molecule has 8 heteroatoms. The van der Waals surface area contributed by atoms with Gasteiger partial charge >= 0.3 is 0 Å². The summed E-state index contributed by atoms with van der Waals surface area (Å²) in [6, 6.07) is 18.1. The molecule has 1 N–H and O–H groups in total. The Morgan fingerprint density at radius 3 is 2.14 bits per heavy atom. The van der Waals surface area contributed by atoms with Gasteiger partial charge in [-0.2, -0.15) is 0 Å². The van der Waals surface area contributed by atoms with E-state index in [1.54, 1.807) is 18.6 Å². The van der Waals surface area contributed by atoms with Crippen molar-refractivity contribution in [1.29, 1.82) is 0 Å². The lowest BCUT2D eigenvalue weighted by molar-refractivity contribution is -0.140. The van der Waals surface area contributed by atoms with Gasteiger partial charge in [0.25, 0.3) is 0 Å². The second-order valence-corrected chi connectivity index (χ2v) is 11.9. The SMILES string of the molecule is O=C(NC(c1ccc(-c2ccccc2)cc1)c1cnccn1)C1CCN(CCCN2C(=O)C3CCCCC3C2=O)CC1. The van der Waals surface area contributed by atoms with Crippen LogP contribution in [0.15, 0.2) is 73.2 Å². The topological polar surface area (TPSA) is 95.5 Å². The summed E-state index contributed by atoms with van der Waals surface area (Å²) in [5.41, 5.74) is 3.94. The number of imide groups is 1. The predicted molar refractivity (Wildman–Crippen MR) is 160 cm³/mol. The smallest absolute Gasteiger partial charge is 0.233 e. The number of hydrogen-bond acceptors (Lipinski definition) is 6. The third kappa shape index (κ3) is 6.14. The molecule has 2 aliphatic heterocycles. The summed E-state index contributed by atoms with van der Waals surface area (Å²) >= 11 is 0. The minimum Gasteiger partial charge on any atom is -0.343 e. The number of rotatable bonds is 9. The van der Waals surface area contributed by atoms with Crippen LogP contribution in [0.2, 0.25) is 0 Å². The van der Waals surface area contributed by atoms with Crippen LogP contribution in [0.5, 0.6) is 0 Å². The first-order chi connectivity index (χ1) is 20.6.